The summed E-state index contributed by atoms with van der Waals surface area (Å²) in [7, 11) is 0. The van der Waals surface area contributed by atoms with E-state index < -0.39 is 0 Å². The van der Waals surface area contributed by atoms with Crippen LogP contribution in [0.3, 0.4) is 0 Å². The molecule has 1 aliphatic carbocycles. The molecule has 1 saturated heterocycles. The zero-order chi connectivity index (χ0) is 27.0. The van der Waals surface area contributed by atoms with Crippen LogP contribution in [0.25, 0.3) is 0 Å². The minimum absolute atomic E-state index is 0.115. The van der Waals surface area contributed by atoms with Crippen LogP contribution in [-0.2, 0) is 24.1 Å². The average Bonchev–Trinajstić information content (AvgIpc) is 3.43. The van der Waals surface area contributed by atoms with Crippen molar-refractivity contribution in [3.63, 3.8) is 0 Å². The maximum absolute atomic E-state index is 13.4. The molecule has 0 unspecified atom stereocenters. The maximum atomic E-state index is 13.4. The monoisotopic (exact) mass is 527 g/mol. The van der Waals surface area contributed by atoms with Gasteiger partial charge in [-0.25, -0.2) is 4.79 Å². The molecule has 3 aromatic rings. The van der Waals surface area contributed by atoms with E-state index in [-0.39, 0.29) is 11.9 Å². The molecule has 3 amide bonds. The molecule has 0 atom stereocenters. The summed E-state index contributed by atoms with van der Waals surface area (Å²) in [6.07, 6.45) is 4.23. The van der Waals surface area contributed by atoms with E-state index in [0.717, 1.165) is 63.4 Å². The van der Waals surface area contributed by atoms with Crippen LogP contribution in [0, 0.1) is 0 Å². The first-order valence-electron chi connectivity index (χ1n) is 13.8. The smallest absolute Gasteiger partial charge is 0.322 e. The molecule has 1 heterocycles. The Morgan fingerprint density at radius 2 is 1.69 bits per heavy atom. The molecule has 3 aromatic carbocycles. The maximum Gasteiger partial charge on any atom is 0.322 e. The first-order valence-corrected chi connectivity index (χ1v) is 13.8. The number of hydrogen-bond acceptors (Lipinski definition) is 5. The van der Waals surface area contributed by atoms with Crippen molar-refractivity contribution in [3.8, 4) is 0 Å². The Bertz CT molecular complexity index is 1290. The molecule has 204 valence electrons. The average molecular weight is 528 g/mol. The van der Waals surface area contributed by atoms with Gasteiger partial charge in [-0.15, -0.1) is 0 Å². The highest BCUT2D eigenvalue weighted by Gasteiger charge is 2.18. The third-order valence-corrected chi connectivity index (χ3v) is 7.44. The fourth-order valence-electron chi connectivity index (χ4n) is 5.20. The van der Waals surface area contributed by atoms with Gasteiger partial charge in [0, 0.05) is 44.0 Å². The number of benzene rings is 3. The van der Waals surface area contributed by atoms with Crippen LogP contribution in [0.4, 0.5) is 21.9 Å². The van der Waals surface area contributed by atoms with Gasteiger partial charge in [0.2, 0.25) is 0 Å². The Labute approximate surface area is 230 Å². The quantitative estimate of drug-likeness (QED) is 0.348. The molecule has 5 rings (SSSR count). The van der Waals surface area contributed by atoms with Crippen molar-refractivity contribution < 1.29 is 14.3 Å². The predicted molar refractivity (Wildman–Crippen MR) is 155 cm³/mol. The number of fused-ring (bicyclic) bond motifs is 1. The van der Waals surface area contributed by atoms with E-state index in [0.29, 0.717) is 30.0 Å². The Morgan fingerprint density at radius 3 is 2.49 bits per heavy atom. The third-order valence-electron chi connectivity index (χ3n) is 7.44. The van der Waals surface area contributed by atoms with Crippen molar-refractivity contribution >= 4 is 29.0 Å². The standard InChI is InChI=1S/C31H37N5O3/c32-28-7-1-2-8-29(28)34-30(37)25-11-9-23(10-12-25)22-36(16-4-15-35-17-19-39-20-18-35)31(38)33-27-14-13-24-5-3-6-26(24)21-27/h1-2,7-14,21H,3-6,15-20,22,32H2,(H,33,38)(H,34,37). The summed E-state index contributed by atoms with van der Waals surface area (Å²) >= 11 is 0. The van der Waals surface area contributed by atoms with Crippen molar-refractivity contribution in [2.24, 2.45) is 0 Å². The first-order chi connectivity index (χ1) is 19.0. The summed E-state index contributed by atoms with van der Waals surface area (Å²) in [6, 6.07) is 20.7. The number of anilines is 3. The van der Waals surface area contributed by atoms with Gasteiger partial charge in [0.15, 0.2) is 0 Å². The van der Waals surface area contributed by atoms with Crippen molar-refractivity contribution in [2.45, 2.75) is 32.2 Å². The summed E-state index contributed by atoms with van der Waals surface area (Å²) < 4.78 is 5.46. The summed E-state index contributed by atoms with van der Waals surface area (Å²) in [5, 5.41) is 5.98. The van der Waals surface area contributed by atoms with Gasteiger partial charge < -0.3 is 26.0 Å². The number of urea groups is 1. The van der Waals surface area contributed by atoms with Gasteiger partial charge in [-0.2, -0.15) is 0 Å². The second-order valence-corrected chi connectivity index (χ2v) is 10.2. The van der Waals surface area contributed by atoms with Crippen molar-refractivity contribution in [1.29, 1.82) is 0 Å². The summed E-state index contributed by atoms with van der Waals surface area (Å²) in [5.41, 5.74) is 12.1. The van der Waals surface area contributed by atoms with Gasteiger partial charge in [-0.1, -0.05) is 30.3 Å². The number of nitrogens with two attached hydrogens (primary N) is 1. The molecule has 0 saturated carbocycles. The zero-order valence-electron chi connectivity index (χ0n) is 22.3. The van der Waals surface area contributed by atoms with Crippen molar-refractivity contribution in [2.75, 3.05) is 55.8 Å². The van der Waals surface area contributed by atoms with E-state index in [1.165, 1.54) is 17.5 Å². The largest absolute Gasteiger partial charge is 0.397 e. The molecular formula is C31H37N5O3. The number of aryl methyl sites for hydroxylation is 2. The number of rotatable bonds is 9. The molecule has 39 heavy (non-hydrogen) atoms. The second kappa shape index (κ2) is 12.8. The van der Waals surface area contributed by atoms with Crippen LogP contribution >= 0.6 is 0 Å². The zero-order valence-corrected chi connectivity index (χ0v) is 22.3. The van der Waals surface area contributed by atoms with Crippen molar-refractivity contribution in [1.82, 2.24) is 9.80 Å². The molecular weight excluding hydrogens is 490 g/mol. The molecule has 2 aliphatic rings. The molecule has 1 fully saturated rings. The van der Waals surface area contributed by atoms with Crippen LogP contribution in [-0.4, -0.2) is 61.1 Å². The van der Waals surface area contributed by atoms with E-state index in [1.807, 2.05) is 35.2 Å². The fraction of sp³-hybridized carbons (Fsp3) is 0.355. The number of nitrogen functional groups attached to an aromatic ring is 1. The van der Waals surface area contributed by atoms with Crippen LogP contribution in [0.5, 0.6) is 0 Å². The van der Waals surface area contributed by atoms with Crippen molar-refractivity contribution in [3.05, 3.63) is 89.0 Å². The molecule has 8 heteroatoms. The number of nitrogens with zero attached hydrogens (tertiary/aromatic N) is 2. The number of carbonyl (C=O) groups is 2. The summed E-state index contributed by atoms with van der Waals surface area (Å²) in [4.78, 5) is 30.4. The Kier molecular flexibility index (Phi) is 8.75. The fourth-order valence-corrected chi connectivity index (χ4v) is 5.20. The topological polar surface area (TPSA) is 99.9 Å². The normalized spacial score (nSPS) is 15.0. The van der Waals surface area contributed by atoms with E-state index >= 15 is 0 Å². The Hall–Kier alpha value is -3.88. The molecule has 8 nitrogen and oxygen atoms in total. The lowest BCUT2D eigenvalue weighted by Crippen LogP contribution is -2.40. The number of morpholine rings is 1. The first kappa shape index (κ1) is 26.7. The number of carbonyl (C=O) groups excluding carboxylic acids is 2. The number of nitrogens with one attached hydrogen (secondary N) is 2. The second-order valence-electron chi connectivity index (χ2n) is 10.2. The van der Waals surface area contributed by atoms with E-state index in [1.54, 1.807) is 24.3 Å². The lowest BCUT2D eigenvalue weighted by Gasteiger charge is -2.28. The molecule has 0 radical (unpaired) electrons. The highest BCUT2D eigenvalue weighted by atomic mass is 16.5. The van der Waals surface area contributed by atoms with Crippen LogP contribution in [0.2, 0.25) is 0 Å². The van der Waals surface area contributed by atoms with Gasteiger partial charge in [0.1, 0.15) is 0 Å². The molecule has 4 N–H and O–H groups in total. The van der Waals surface area contributed by atoms with Gasteiger partial charge in [-0.3, -0.25) is 9.69 Å². The van der Waals surface area contributed by atoms with Gasteiger partial charge in [-0.05, 0) is 78.8 Å². The minimum atomic E-state index is -0.226. The van der Waals surface area contributed by atoms with Gasteiger partial charge >= 0.3 is 6.03 Å². The predicted octanol–water partition coefficient (Wildman–Crippen LogP) is 4.77. The number of ether oxygens (including phenoxy) is 1. The highest BCUT2D eigenvalue weighted by molar-refractivity contribution is 6.05. The third kappa shape index (κ3) is 7.16. The Morgan fingerprint density at radius 1 is 0.923 bits per heavy atom. The summed E-state index contributed by atoms with van der Waals surface area (Å²) in [5.74, 6) is -0.226. The lowest BCUT2D eigenvalue weighted by atomic mass is 10.1. The van der Waals surface area contributed by atoms with Gasteiger partial charge in [0.05, 0.1) is 24.6 Å². The van der Waals surface area contributed by atoms with Crippen LogP contribution < -0.4 is 16.4 Å². The molecule has 1 aliphatic heterocycles. The number of para-hydroxylation sites is 2. The van der Waals surface area contributed by atoms with E-state index in [2.05, 4.69) is 27.7 Å². The lowest BCUT2D eigenvalue weighted by molar-refractivity contribution is 0.0365. The van der Waals surface area contributed by atoms with Crippen LogP contribution in [0.15, 0.2) is 66.7 Å². The minimum Gasteiger partial charge on any atom is -0.397 e. The molecule has 0 aromatic heterocycles. The number of hydrogen-bond donors (Lipinski definition) is 3. The van der Waals surface area contributed by atoms with Gasteiger partial charge in [0.25, 0.3) is 5.91 Å². The molecule has 0 spiro atoms. The van der Waals surface area contributed by atoms with E-state index in [4.69, 9.17) is 10.5 Å². The SMILES string of the molecule is Nc1ccccc1NC(=O)c1ccc(CN(CCCN2CCOCC2)C(=O)Nc2ccc3c(c2)CCC3)cc1. The number of amides is 3. The summed E-state index contributed by atoms with van der Waals surface area (Å²) in [6.45, 7) is 5.39. The Balaban J connectivity index is 1.23. The van der Waals surface area contributed by atoms with E-state index in [9.17, 15) is 9.59 Å². The molecule has 0 bridgehead atoms. The highest BCUT2D eigenvalue weighted by Crippen LogP contribution is 2.25. The van der Waals surface area contributed by atoms with Crippen LogP contribution in [0.1, 0.15) is 39.9 Å².